The van der Waals surface area contributed by atoms with Crippen LogP contribution < -0.4 is 11.1 Å². The van der Waals surface area contributed by atoms with E-state index in [0.717, 1.165) is 10.0 Å². The van der Waals surface area contributed by atoms with E-state index < -0.39 is 0 Å². The molecule has 3 N–H and O–H groups in total. The van der Waals surface area contributed by atoms with E-state index in [1.54, 1.807) is 0 Å². The quantitative estimate of drug-likeness (QED) is 0.855. The number of aromatic nitrogens is 2. The van der Waals surface area contributed by atoms with Gasteiger partial charge in [-0.3, -0.25) is 0 Å². The maximum atomic E-state index is 5.73. The first-order chi connectivity index (χ1) is 8.16. The van der Waals surface area contributed by atoms with Gasteiger partial charge in [0.15, 0.2) is 5.82 Å². The largest absolute Gasteiger partial charge is 0.394 e. The Morgan fingerprint density at radius 1 is 1.35 bits per heavy atom. The second-order valence-electron chi connectivity index (χ2n) is 3.39. The second-order valence-corrected chi connectivity index (χ2v) is 4.58. The Morgan fingerprint density at radius 3 is 2.88 bits per heavy atom. The van der Waals surface area contributed by atoms with Gasteiger partial charge >= 0.3 is 0 Å². The molecule has 0 amide bonds. The van der Waals surface area contributed by atoms with Crippen molar-refractivity contribution in [1.29, 1.82) is 0 Å². The Bertz CT molecular complexity index is 533. The van der Waals surface area contributed by atoms with E-state index in [-0.39, 0.29) is 5.28 Å². The highest BCUT2D eigenvalue weighted by molar-refractivity contribution is 9.10. The fourth-order valence-electron chi connectivity index (χ4n) is 1.33. The van der Waals surface area contributed by atoms with Gasteiger partial charge in [0.25, 0.3) is 0 Å². The molecule has 0 atom stereocenters. The fraction of sp³-hybridized carbons (Fsp3) is 0.0909. The summed E-state index contributed by atoms with van der Waals surface area (Å²) in [7, 11) is 0. The van der Waals surface area contributed by atoms with Crippen LogP contribution in [0.5, 0.6) is 0 Å². The predicted octanol–water partition coefficient (Wildman–Crippen LogP) is 3.09. The number of nitrogens with two attached hydrogens (primary N) is 1. The van der Waals surface area contributed by atoms with Crippen molar-refractivity contribution in [1.82, 2.24) is 9.97 Å². The van der Waals surface area contributed by atoms with Crippen LogP contribution in [0, 0.1) is 0 Å². The van der Waals surface area contributed by atoms with Gasteiger partial charge in [0.1, 0.15) is 0 Å². The van der Waals surface area contributed by atoms with Crippen molar-refractivity contribution in [3.05, 3.63) is 45.8 Å². The van der Waals surface area contributed by atoms with Gasteiger partial charge < -0.3 is 11.1 Å². The summed E-state index contributed by atoms with van der Waals surface area (Å²) >= 11 is 9.18. The molecule has 1 aromatic heterocycles. The standard InChI is InChI=1S/C11H10BrClN4/c12-8-4-2-1-3-7(8)5-15-10-9(14)6-16-11(13)17-10/h1-4,6H,5,14H2,(H,15,16,17). The third-order valence-electron chi connectivity index (χ3n) is 2.19. The van der Waals surface area contributed by atoms with E-state index in [2.05, 4.69) is 31.2 Å². The molecule has 2 aromatic rings. The van der Waals surface area contributed by atoms with Gasteiger partial charge in [0, 0.05) is 11.0 Å². The minimum atomic E-state index is 0.175. The van der Waals surface area contributed by atoms with Gasteiger partial charge in [0.2, 0.25) is 5.28 Å². The van der Waals surface area contributed by atoms with Crippen LogP contribution in [0.1, 0.15) is 5.56 Å². The maximum absolute atomic E-state index is 5.73. The Hall–Kier alpha value is -1.33. The van der Waals surface area contributed by atoms with E-state index in [1.165, 1.54) is 6.20 Å². The molecule has 17 heavy (non-hydrogen) atoms. The molecule has 0 spiro atoms. The highest BCUT2D eigenvalue weighted by Crippen LogP contribution is 2.20. The third kappa shape index (κ3) is 3.08. The Balaban J connectivity index is 2.12. The molecule has 0 saturated heterocycles. The summed E-state index contributed by atoms with van der Waals surface area (Å²) in [4.78, 5) is 7.81. The minimum Gasteiger partial charge on any atom is -0.394 e. The molecule has 1 heterocycles. The summed E-state index contributed by atoms with van der Waals surface area (Å²) in [5.41, 5.74) is 7.32. The number of halogens is 2. The molecule has 2 rings (SSSR count). The lowest BCUT2D eigenvalue weighted by Crippen LogP contribution is -2.05. The van der Waals surface area contributed by atoms with Gasteiger partial charge in [-0.15, -0.1) is 0 Å². The van der Waals surface area contributed by atoms with Gasteiger partial charge in [0.05, 0.1) is 11.9 Å². The topological polar surface area (TPSA) is 63.8 Å². The SMILES string of the molecule is Nc1cnc(Cl)nc1NCc1ccccc1Br. The molecule has 4 nitrogen and oxygen atoms in total. The average Bonchev–Trinajstić information content (AvgIpc) is 2.32. The smallest absolute Gasteiger partial charge is 0.224 e. The van der Waals surface area contributed by atoms with Gasteiger partial charge in [-0.25, -0.2) is 4.98 Å². The molecule has 6 heteroatoms. The van der Waals surface area contributed by atoms with Crippen LogP contribution in [-0.4, -0.2) is 9.97 Å². The number of nitrogens with zero attached hydrogens (tertiary/aromatic N) is 2. The number of nitrogens with one attached hydrogen (secondary N) is 1. The zero-order valence-corrected chi connectivity index (χ0v) is 11.2. The number of hydrogen-bond acceptors (Lipinski definition) is 4. The van der Waals surface area contributed by atoms with Crippen molar-refractivity contribution in [2.24, 2.45) is 0 Å². The Kier molecular flexibility index (Phi) is 3.81. The van der Waals surface area contributed by atoms with Crippen molar-refractivity contribution in [2.75, 3.05) is 11.1 Å². The number of benzene rings is 1. The lowest BCUT2D eigenvalue weighted by atomic mass is 10.2. The van der Waals surface area contributed by atoms with Gasteiger partial charge in [-0.1, -0.05) is 34.1 Å². The summed E-state index contributed by atoms with van der Waals surface area (Å²) in [6, 6.07) is 7.92. The molecule has 0 radical (unpaired) electrons. The van der Waals surface area contributed by atoms with Crippen LogP contribution in [0.3, 0.4) is 0 Å². The van der Waals surface area contributed by atoms with Crippen LogP contribution in [0.25, 0.3) is 0 Å². The van der Waals surface area contributed by atoms with E-state index in [9.17, 15) is 0 Å². The number of anilines is 2. The maximum Gasteiger partial charge on any atom is 0.224 e. The second kappa shape index (κ2) is 5.33. The Morgan fingerprint density at radius 2 is 2.12 bits per heavy atom. The van der Waals surface area contributed by atoms with Gasteiger partial charge in [-0.2, -0.15) is 4.98 Å². The van der Waals surface area contributed by atoms with E-state index in [4.69, 9.17) is 17.3 Å². The van der Waals surface area contributed by atoms with Crippen LogP contribution in [0.2, 0.25) is 5.28 Å². The van der Waals surface area contributed by atoms with Crippen LogP contribution in [0.4, 0.5) is 11.5 Å². The van der Waals surface area contributed by atoms with Crippen LogP contribution in [-0.2, 0) is 6.54 Å². The first kappa shape index (κ1) is 12.1. The van der Waals surface area contributed by atoms with Crippen molar-refractivity contribution in [3.8, 4) is 0 Å². The summed E-state index contributed by atoms with van der Waals surface area (Å²) in [6.45, 7) is 0.610. The first-order valence-corrected chi connectivity index (χ1v) is 6.09. The monoisotopic (exact) mass is 312 g/mol. The summed E-state index contributed by atoms with van der Waals surface area (Å²) < 4.78 is 1.03. The zero-order chi connectivity index (χ0) is 12.3. The zero-order valence-electron chi connectivity index (χ0n) is 8.82. The van der Waals surface area contributed by atoms with Crippen molar-refractivity contribution >= 4 is 39.0 Å². The molecule has 0 bridgehead atoms. The van der Waals surface area contributed by atoms with Crippen LogP contribution >= 0.6 is 27.5 Å². The average molecular weight is 314 g/mol. The Labute approximate surface area is 112 Å². The fourth-order valence-corrected chi connectivity index (χ4v) is 1.89. The van der Waals surface area contributed by atoms with Crippen molar-refractivity contribution in [3.63, 3.8) is 0 Å². The summed E-state index contributed by atoms with van der Waals surface area (Å²) in [6.07, 6.45) is 1.48. The lowest BCUT2D eigenvalue weighted by molar-refractivity contribution is 1.08. The molecule has 1 aromatic carbocycles. The number of hydrogen-bond donors (Lipinski definition) is 2. The molecule has 0 fully saturated rings. The molecule has 88 valence electrons. The molecule has 0 aliphatic carbocycles. The molecule has 0 unspecified atom stereocenters. The van der Waals surface area contributed by atoms with E-state index >= 15 is 0 Å². The van der Waals surface area contributed by atoms with E-state index in [1.807, 2.05) is 24.3 Å². The molecule has 0 aliphatic heterocycles. The van der Waals surface area contributed by atoms with Gasteiger partial charge in [-0.05, 0) is 23.2 Å². The van der Waals surface area contributed by atoms with Crippen LogP contribution in [0.15, 0.2) is 34.9 Å². The normalized spacial score (nSPS) is 10.2. The first-order valence-electron chi connectivity index (χ1n) is 4.92. The molecule has 0 saturated carbocycles. The summed E-state index contributed by atoms with van der Waals surface area (Å²) in [5.74, 6) is 0.542. The predicted molar refractivity (Wildman–Crippen MR) is 72.9 cm³/mol. The third-order valence-corrected chi connectivity index (χ3v) is 3.15. The molecular formula is C11H10BrClN4. The minimum absolute atomic E-state index is 0.175. The highest BCUT2D eigenvalue weighted by atomic mass is 79.9. The van der Waals surface area contributed by atoms with Crippen molar-refractivity contribution in [2.45, 2.75) is 6.54 Å². The number of nitrogen functional groups attached to an aromatic ring is 1. The number of rotatable bonds is 3. The highest BCUT2D eigenvalue weighted by Gasteiger charge is 2.04. The molecule has 0 aliphatic rings. The summed E-state index contributed by atoms with van der Waals surface area (Å²) in [5, 5.41) is 3.30. The molecular weight excluding hydrogens is 304 g/mol. The van der Waals surface area contributed by atoms with Crippen molar-refractivity contribution < 1.29 is 0 Å². The van der Waals surface area contributed by atoms with E-state index in [0.29, 0.717) is 18.1 Å². The lowest BCUT2D eigenvalue weighted by Gasteiger charge is -2.09.